The van der Waals surface area contributed by atoms with Crippen molar-refractivity contribution in [1.82, 2.24) is 20.1 Å². The Bertz CT molecular complexity index is 1190. The molecule has 1 aromatic carbocycles. The van der Waals surface area contributed by atoms with Crippen LogP contribution in [0.5, 0.6) is 5.75 Å². The third kappa shape index (κ3) is 4.78. The first-order valence-corrected chi connectivity index (χ1v) is 13.3. The largest absolute Gasteiger partial charge is 0.495 e. The van der Waals surface area contributed by atoms with Crippen molar-refractivity contribution in [3.8, 4) is 22.1 Å². The lowest BCUT2D eigenvalue weighted by molar-refractivity contribution is -0.120. The maximum Gasteiger partial charge on any atom is 0.230 e. The summed E-state index contributed by atoms with van der Waals surface area (Å²) in [6.07, 6.45) is 0.422. The van der Waals surface area contributed by atoms with Gasteiger partial charge in [-0.1, -0.05) is 30.0 Å². The third-order valence-electron chi connectivity index (χ3n) is 4.98. The van der Waals surface area contributed by atoms with E-state index in [4.69, 9.17) is 4.74 Å². The van der Waals surface area contributed by atoms with E-state index in [1.807, 2.05) is 46.3 Å². The highest BCUT2D eigenvalue weighted by molar-refractivity contribution is 7.99. The van der Waals surface area contributed by atoms with Crippen LogP contribution in [-0.4, -0.2) is 59.0 Å². The monoisotopic (exact) mass is 478 g/mol. The highest BCUT2D eigenvalue weighted by Gasteiger charge is 2.39. The van der Waals surface area contributed by atoms with Gasteiger partial charge in [0.25, 0.3) is 0 Å². The molecule has 1 fully saturated rings. The minimum atomic E-state index is -3.10. The summed E-state index contributed by atoms with van der Waals surface area (Å²) in [5.41, 5.74) is 0.0460. The zero-order valence-corrected chi connectivity index (χ0v) is 19.5. The molecule has 4 rings (SSSR count). The molecule has 11 heteroatoms. The summed E-state index contributed by atoms with van der Waals surface area (Å²) < 4.78 is 31.0. The Kier molecular flexibility index (Phi) is 6.09. The highest BCUT2D eigenvalue weighted by Crippen LogP contribution is 2.34. The predicted octanol–water partition coefficient (Wildman–Crippen LogP) is 2.79. The number of methoxy groups -OCH3 is 1. The molecule has 1 unspecified atom stereocenters. The Morgan fingerprint density at radius 1 is 1.29 bits per heavy atom. The van der Waals surface area contributed by atoms with Gasteiger partial charge < -0.3 is 10.1 Å². The lowest BCUT2D eigenvalue weighted by Gasteiger charge is -2.23. The van der Waals surface area contributed by atoms with Gasteiger partial charge in [0.2, 0.25) is 5.91 Å². The predicted molar refractivity (Wildman–Crippen MR) is 122 cm³/mol. The molecule has 0 bridgehead atoms. The fraction of sp³-hybridized carbons (Fsp3) is 0.350. The third-order valence-corrected chi connectivity index (χ3v) is 8.68. The van der Waals surface area contributed by atoms with E-state index in [-0.39, 0.29) is 23.2 Å². The van der Waals surface area contributed by atoms with Crippen LogP contribution in [0.4, 0.5) is 0 Å². The molecule has 0 radical (unpaired) electrons. The van der Waals surface area contributed by atoms with E-state index in [0.29, 0.717) is 23.2 Å². The molecule has 2 aromatic heterocycles. The van der Waals surface area contributed by atoms with E-state index in [9.17, 15) is 13.2 Å². The topological polar surface area (TPSA) is 103 Å². The molecule has 31 heavy (non-hydrogen) atoms. The Morgan fingerprint density at radius 3 is 2.77 bits per heavy atom. The second-order valence-corrected chi connectivity index (χ2v) is 11.6. The Balaban J connectivity index is 1.58. The number of carbonyl (C=O) groups is 1. The number of nitrogens with zero attached hydrogens (tertiary/aromatic N) is 3. The minimum absolute atomic E-state index is 0.0314. The van der Waals surface area contributed by atoms with Gasteiger partial charge in [-0.25, -0.2) is 8.42 Å². The van der Waals surface area contributed by atoms with Crippen molar-refractivity contribution in [1.29, 1.82) is 0 Å². The van der Waals surface area contributed by atoms with Crippen LogP contribution in [0.25, 0.3) is 16.4 Å². The Labute approximate surface area is 188 Å². The molecular weight excluding hydrogens is 456 g/mol. The average molecular weight is 479 g/mol. The van der Waals surface area contributed by atoms with Crippen molar-refractivity contribution in [2.24, 2.45) is 0 Å². The summed E-state index contributed by atoms with van der Waals surface area (Å²) in [4.78, 5) is 13.5. The SMILES string of the molecule is COc1ccccc1-n1c(SCC(=O)NC2(C)CCS(=O)(=O)C2)nnc1-c1cccs1. The fourth-order valence-corrected chi connectivity index (χ4v) is 7.11. The summed E-state index contributed by atoms with van der Waals surface area (Å²) in [6.45, 7) is 1.77. The van der Waals surface area contributed by atoms with Gasteiger partial charge >= 0.3 is 0 Å². The van der Waals surface area contributed by atoms with E-state index in [2.05, 4.69) is 15.5 Å². The van der Waals surface area contributed by atoms with Gasteiger partial charge in [0.05, 0.1) is 40.5 Å². The fourth-order valence-electron chi connectivity index (χ4n) is 3.57. The van der Waals surface area contributed by atoms with Gasteiger partial charge in [0, 0.05) is 0 Å². The number of thiophene rings is 1. The minimum Gasteiger partial charge on any atom is -0.495 e. The number of benzene rings is 1. The number of thioether (sulfide) groups is 1. The molecule has 8 nitrogen and oxygen atoms in total. The van der Waals surface area contributed by atoms with Crippen molar-refractivity contribution >= 4 is 38.8 Å². The first-order chi connectivity index (χ1) is 14.8. The number of ether oxygens (including phenoxy) is 1. The lowest BCUT2D eigenvalue weighted by Crippen LogP contribution is -2.47. The first kappa shape index (κ1) is 21.8. The summed E-state index contributed by atoms with van der Waals surface area (Å²) in [5, 5.41) is 14.1. The maximum absolute atomic E-state index is 12.6. The molecule has 0 saturated carbocycles. The first-order valence-electron chi connectivity index (χ1n) is 9.57. The molecular formula is C20H22N4O4S3. The maximum atomic E-state index is 12.6. The van der Waals surface area contributed by atoms with Gasteiger partial charge in [-0.3, -0.25) is 9.36 Å². The smallest absolute Gasteiger partial charge is 0.230 e. The summed E-state index contributed by atoms with van der Waals surface area (Å²) >= 11 is 2.79. The van der Waals surface area contributed by atoms with Gasteiger partial charge in [0.15, 0.2) is 20.8 Å². The van der Waals surface area contributed by atoms with Crippen LogP contribution >= 0.6 is 23.1 Å². The number of aromatic nitrogens is 3. The van der Waals surface area contributed by atoms with Gasteiger partial charge in [-0.2, -0.15) is 0 Å². The van der Waals surface area contributed by atoms with Gasteiger partial charge in [0.1, 0.15) is 5.75 Å². The van der Waals surface area contributed by atoms with Crippen LogP contribution in [-0.2, 0) is 14.6 Å². The van der Waals surface area contributed by atoms with Crippen LogP contribution in [0, 0.1) is 0 Å². The van der Waals surface area contributed by atoms with E-state index in [1.165, 1.54) is 11.8 Å². The summed E-state index contributed by atoms with van der Waals surface area (Å²) in [5.74, 6) is 1.25. The number of rotatable bonds is 7. The Hall–Kier alpha value is -2.37. The second kappa shape index (κ2) is 8.64. The molecule has 3 heterocycles. The molecule has 1 saturated heterocycles. The van der Waals surface area contributed by atoms with E-state index in [1.54, 1.807) is 25.4 Å². The highest BCUT2D eigenvalue weighted by atomic mass is 32.2. The number of hydrogen-bond donors (Lipinski definition) is 1. The number of hydrogen-bond acceptors (Lipinski definition) is 8. The van der Waals surface area contributed by atoms with E-state index >= 15 is 0 Å². The normalized spacial score (nSPS) is 19.9. The van der Waals surface area contributed by atoms with Crippen LogP contribution in [0.15, 0.2) is 46.9 Å². The molecule has 1 atom stereocenters. The molecule has 3 aromatic rings. The number of carbonyl (C=O) groups excluding carboxylic acids is 1. The van der Waals surface area contributed by atoms with Crippen molar-refractivity contribution in [2.45, 2.75) is 24.0 Å². The van der Waals surface area contributed by atoms with Crippen molar-refractivity contribution in [3.05, 3.63) is 41.8 Å². The molecule has 1 N–H and O–H groups in total. The number of sulfone groups is 1. The Morgan fingerprint density at radius 2 is 2.10 bits per heavy atom. The number of amides is 1. The second-order valence-electron chi connectivity index (χ2n) is 7.53. The van der Waals surface area contributed by atoms with Crippen molar-refractivity contribution in [2.75, 3.05) is 24.4 Å². The van der Waals surface area contributed by atoms with Gasteiger partial charge in [-0.15, -0.1) is 21.5 Å². The van der Waals surface area contributed by atoms with E-state index < -0.39 is 15.4 Å². The number of nitrogens with one attached hydrogen (secondary N) is 1. The van der Waals surface area contributed by atoms with Crippen molar-refractivity contribution < 1.29 is 17.9 Å². The standard InChI is InChI=1S/C20H22N4O4S3/c1-20(9-11-31(26,27)13-20)21-17(25)12-30-19-23-22-18(16-8-5-10-29-16)24(19)14-6-3-4-7-15(14)28-2/h3-8,10H,9,11-13H2,1-2H3,(H,21,25). The number of para-hydroxylation sites is 2. The zero-order chi connectivity index (χ0) is 22.1. The summed E-state index contributed by atoms with van der Waals surface area (Å²) in [6, 6.07) is 11.5. The van der Waals surface area contributed by atoms with Crippen LogP contribution < -0.4 is 10.1 Å². The molecule has 0 aliphatic carbocycles. The molecule has 1 aliphatic heterocycles. The van der Waals surface area contributed by atoms with Crippen molar-refractivity contribution in [3.63, 3.8) is 0 Å². The molecule has 164 valence electrons. The van der Waals surface area contributed by atoms with E-state index in [0.717, 1.165) is 10.6 Å². The van der Waals surface area contributed by atoms with Crippen LogP contribution in [0.3, 0.4) is 0 Å². The van der Waals surface area contributed by atoms with Gasteiger partial charge in [-0.05, 0) is 36.9 Å². The molecule has 1 aliphatic rings. The average Bonchev–Trinajstić information content (AvgIpc) is 3.45. The molecule has 1 amide bonds. The van der Waals surface area contributed by atoms with Crippen LogP contribution in [0.2, 0.25) is 0 Å². The lowest BCUT2D eigenvalue weighted by atomic mass is 10.0. The molecule has 0 spiro atoms. The van der Waals surface area contributed by atoms with Crippen LogP contribution in [0.1, 0.15) is 13.3 Å². The zero-order valence-electron chi connectivity index (χ0n) is 17.1. The summed E-state index contributed by atoms with van der Waals surface area (Å²) in [7, 11) is -1.50. The quantitative estimate of drug-likeness (QED) is 0.521.